The minimum atomic E-state index is -0.00176. The van der Waals surface area contributed by atoms with Crippen molar-refractivity contribution < 1.29 is 4.79 Å². The first-order valence-electron chi connectivity index (χ1n) is 5.44. The maximum absolute atomic E-state index is 12.0. The summed E-state index contributed by atoms with van der Waals surface area (Å²) < 4.78 is 0. The van der Waals surface area contributed by atoms with Crippen LogP contribution in [0.3, 0.4) is 0 Å². The third-order valence-electron chi connectivity index (χ3n) is 2.64. The lowest BCUT2D eigenvalue weighted by molar-refractivity contribution is 0.0935. The minimum Gasteiger partial charge on any atom is -0.348 e. The van der Waals surface area contributed by atoms with Gasteiger partial charge in [-0.25, -0.2) is 0 Å². The number of nitrogens with one attached hydrogen (secondary N) is 1. The molecule has 1 saturated heterocycles. The van der Waals surface area contributed by atoms with Gasteiger partial charge in [-0.2, -0.15) is 11.8 Å². The Morgan fingerprint density at radius 3 is 2.94 bits per heavy atom. The molecule has 16 heavy (non-hydrogen) atoms. The fraction of sp³-hybridized carbons (Fsp3) is 0.417. The van der Waals surface area contributed by atoms with Crippen molar-refractivity contribution in [2.45, 2.75) is 23.8 Å². The predicted molar refractivity (Wildman–Crippen MR) is 71.5 cm³/mol. The lowest BCUT2D eigenvalue weighted by Gasteiger charge is -2.22. The Morgan fingerprint density at radius 2 is 2.25 bits per heavy atom. The third-order valence-corrected chi connectivity index (χ3v) is 4.25. The number of carbonyl (C=O) groups is 1. The summed E-state index contributed by atoms with van der Waals surface area (Å²) in [5.74, 6) is 2.24. The topological polar surface area (TPSA) is 29.1 Å². The van der Waals surface area contributed by atoms with Crippen LogP contribution in [0.2, 0.25) is 0 Å². The summed E-state index contributed by atoms with van der Waals surface area (Å²) >= 11 is 6.20. The van der Waals surface area contributed by atoms with Crippen LogP contribution in [0.25, 0.3) is 0 Å². The van der Waals surface area contributed by atoms with Crippen LogP contribution < -0.4 is 5.32 Å². The third kappa shape index (κ3) is 2.95. The maximum Gasteiger partial charge on any atom is 0.252 e. The standard InChI is InChI=1S/C12H15NOS2/c14-12(10-5-1-2-6-11(10)15)13-9-4-3-7-16-8-9/h1-2,5-6,9,15H,3-4,7-8H2,(H,13,14). The summed E-state index contributed by atoms with van der Waals surface area (Å²) in [4.78, 5) is 12.7. The molecular weight excluding hydrogens is 238 g/mol. The molecule has 1 N–H and O–H groups in total. The Morgan fingerprint density at radius 1 is 1.44 bits per heavy atom. The largest absolute Gasteiger partial charge is 0.348 e. The molecule has 1 fully saturated rings. The van der Waals surface area contributed by atoms with Gasteiger partial charge in [-0.3, -0.25) is 4.79 Å². The van der Waals surface area contributed by atoms with Gasteiger partial charge in [0.15, 0.2) is 0 Å². The Kier molecular flexibility index (Phi) is 4.18. The van der Waals surface area contributed by atoms with Crippen molar-refractivity contribution >= 4 is 30.3 Å². The first kappa shape index (κ1) is 11.9. The molecule has 0 aliphatic carbocycles. The van der Waals surface area contributed by atoms with E-state index in [1.54, 1.807) is 0 Å². The Balaban J connectivity index is 2.00. The second kappa shape index (κ2) is 5.64. The van der Waals surface area contributed by atoms with Gasteiger partial charge < -0.3 is 5.32 Å². The van der Waals surface area contributed by atoms with Crippen LogP contribution in [0.15, 0.2) is 29.2 Å². The molecule has 0 saturated carbocycles. The summed E-state index contributed by atoms with van der Waals surface area (Å²) in [6.07, 6.45) is 2.28. The van der Waals surface area contributed by atoms with Crippen LogP contribution in [0, 0.1) is 0 Å². The van der Waals surface area contributed by atoms with Crippen LogP contribution >= 0.6 is 24.4 Å². The highest BCUT2D eigenvalue weighted by Gasteiger charge is 2.17. The highest BCUT2D eigenvalue weighted by molar-refractivity contribution is 7.99. The van der Waals surface area contributed by atoms with Gasteiger partial charge in [0.1, 0.15) is 0 Å². The molecule has 1 aliphatic heterocycles. The van der Waals surface area contributed by atoms with Gasteiger partial charge in [-0.15, -0.1) is 12.6 Å². The molecule has 0 aromatic heterocycles. The molecule has 2 rings (SSSR count). The van der Waals surface area contributed by atoms with E-state index in [1.807, 2.05) is 36.0 Å². The van der Waals surface area contributed by atoms with Crippen LogP contribution in [-0.4, -0.2) is 23.5 Å². The smallest absolute Gasteiger partial charge is 0.252 e. The number of hydrogen-bond acceptors (Lipinski definition) is 3. The molecule has 0 spiro atoms. The van der Waals surface area contributed by atoms with Crippen LogP contribution in [0.4, 0.5) is 0 Å². The molecule has 1 atom stereocenters. The number of amides is 1. The molecule has 2 nitrogen and oxygen atoms in total. The van der Waals surface area contributed by atoms with Gasteiger partial charge in [0.05, 0.1) is 5.56 Å². The number of benzene rings is 1. The number of rotatable bonds is 2. The molecule has 1 unspecified atom stereocenters. The van der Waals surface area contributed by atoms with Crippen LogP contribution in [0.1, 0.15) is 23.2 Å². The summed E-state index contributed by atoms with van der Waals surface area (Å²) in [5.41, 5.74) is 0.668. The van der Waals surface area contributed by atoms with Crippen LogP contribution in [-0.2, 0) is 0 Å². The minimum absolute atomic E-state index is 0.00176. The molecule has 0 bridgehead atoms. The van der Waals surface area contributed by atoms with Crippen LogP contribution in [0.5, 0.6) is 0 Å². The van der Waals surface area contributed by atoms with Gasteiger partial charge in [-0.1, -0.05) is 12.1 Å². The van der Waals surface area contributed by atoms with Gasteiger partial charge in [0.2, 0.25) is 0 Å². The zero-order valence-corrected chi connectivity index (χ0v) is 10.7. The number of thiol groups is 1. The zero-order chi connectivity index (χ0) is 11.4. The quantitative estimate of drug-likeness (QED) is 0.793. The lowest BCUT2D eigenvalue weighted by atomic mass is 10.1. The fourth-order valence-electron chi connectivity index (χ4n) is 1.78. The molecule has 4 heteroatoms. The van der Waals surface area contributed by atoms with E-state index in [9.17, 15) is 4.79 Å². The SMILES string of the molecule is O=C(NC1CCCSC1)c1ccccc1S. The first-order chi connectivity index (χ1) is 7.77. The molecule has 1 amide bonds. The molecule has 86 valence electrons. The Bertz CT molecular complexity index is 375. The van der Waals surface area contributed by atoms with E-state index in [0.29, 0.717) is 11.6 Å². The number of carbonyl (C=O) groups excluding carboxylic acids is 1. The van der Waals surface area contributed by atoms with Crippen molar-refractivity contribution in [1.82, 2.24) is 5.32 Å². The monoisotopic (exact) mass is 253 g/mol. The lowest BCUT2D eigenvalue weighted by Crippen LogP contribution is -2.38. The fourth-order valence-corrected chi connectivity index (χ4v) is 3.12. The highest BCUT2D eigenvalue weighted by atomic mass is 32.2. The van der Waals surface area contributed by atoms with Crippen molar-refractivity contribution in [2.75, 3.05) is 11.5 Å². The van der Waals surface area contributed by atoms with E-state index < -0.39 is 0 Å². The Hall–Kier alpha value is -0.610. The van der Waals surface area contributed by atoms with E-state index in [0.717, 1.165) is 17.1 Å². The zero-order valence-electron chi connectivity index (χ0n) is 8.98. The van der Waals surface area contributed by atoms with Gasteiger partial charge in [-0.05, 0) is 30.7 Å². The van der Waals surface area contributed by atoms with Gasteiger partial charge >= 0.3 is 0 Å². The average Bonchev–Trinajstić information content (AvgIpc) is 2.31. The molecule has 1 heterocycles. The maximum atomic E-state index is 12.0. The number of thioether (sulfide) groups is 1. The Labute approximate surface area is 106 Å². The van der Waals surface area contributed by atoms with E-state index >= 15 is 0 Å². The van der Waals surface area contributed by atoms with E-state index in [-0.39, 0.29) is 5.91 Å². The van der Waals surface area contributed by atoms with Gasteiger partial charge in [0.25, 0.3) is 5.91 Å². The summed E-state index contributed by atoms with van der Waals surface area (Å²) in [6, 6.07) is 7.72. The number of hydrogen-bond donors (Lipinski definition) is 2. The van der Waals surface area contributed by atoms with Crippen molar-refractivity contribution in [3.63, 3.8) is 0 Å². The van der Waals surface area contributed by atoms with Crippen molar-refractivity contribution in [3.8, 4) is 0 Å². The highest BCUT2D eigenvalue weighted by Crippen LogP contribution is 2.18. The van der Waals surface area contributed by atoms with Gasteiger partial charge in [0, 0.05) is 16.7 Å². The summed E-state index contributed by atoms with van der Waals surface area (Å²) in [6.45, 7) is 0. The molecular formula is C12H15NOS2. The van der Waals surface area contributed by atoms with Crippen molar-refractivity contribution in [3.05, 3.63) is 29.8 Å². The predicted octanol–water partition coefficient (Wildman–Crippen LogP) is 2.60. The normalized spacial score (nSPS) is 20.4. The summed E-state index contributed by atoms with van der Waals surface area (Å²) in [5, 5.41) is 3.07. The van der Waals surface area contributed by atoms with E-state index in [1.165, 1.54) is 12.2 Å². The van der Waals surface area contributed by atoms with E-state index in [4.69, 9.17) is 0 Å². The second-order valence-corrected chi connectivity index (χ2v) is 5.54. The average molecular weight is 253 g/mol. The van der Waals surface area contributed by atoms with E-state index in [2.05, 4.69) is 17.9 Å². The molecule has 0 radical (unpaired) electrons. The first-order valence-corrected chi connectivity index (χ1v) is 7.04. The second-order valence-electron chi connectivity index (χ2n) is 3.90. The van der Waals surface area contributed by atoms with Crippen molar-refractivity contribution in [2.24, 2.45) is 0 Å². The molecule has 1 aromatic carbocycles. The summed E-state index contributed by atoms with van der Waals surface area (Å²) in [7, 11) is 0. The molecule has 1 aromatic rings. The molecule has 1 aliphatic rings. The van der Waals surface area contributed by atoms with Crippen molar-refractivity contribution in [1.29, 1.82) is 0 Å².